The SMILES string of the molecule is CCc1cc(C2(CC(=O)OC)COC2)ccc1OC. The Morgan fingerprint density at radius 2 is 2.11 bits per heavy atom. The van der Waals surface area contributed by atoms with Crippen LogP contribution in [0.15, 0.2) is 18.2 Å². The van der Waals surface area contributed by atoms with Gasteiger partial charge in [0.05, 0.1) is 39.3 Å². The Bertz CT molecular complexity index is 463. The maximum Gasteiger partial charge on any atom is 0.306 e. The second-order valence-corrected chi connectivity index (χ2v) is 4.91. The molecule has 0 aromatic heterocycles. The summed E-state index contributed by atoms with van der Waals surface area (Å²) in [5.74, 6) is 0.692. The first-order valence-electron chi connectivity index (χ1n) is 6.47. The van der Waals surface area contributed by atoms with Gasteiger partial charge in [-0.3, -0.25) is 4.79 Å². The molecule has 4 heteroatoms. The van der Waals surface area contributed by atoms with Gasteiger partial charge in [0.15, 0.2) is 0 Å². The third kappa shape index (κ3) is 2.59. The molecule has 1 aliphatic rings. The van der Waals surface area contributed by atoms with E-state index in [1.54, 1.807) is 7.11 Å². The number of hydrogen-bond acceptors (Lipinski definition) is 4. The molecule has 0 saturated carbocycles. The quantitative estimate of drug-likeness (QED) is 0.764. The van der Waals surface area contributed by atoms with E-state index in [9.17, 15) is 4.79 Å². The Kier molecular flexibility index (Phi) is 4.10. The molecular weight excluding hydrogens is 244 g/mol. The van der Waals surface area contributed by atoms with Gasteiger partial charge in [-0.15, -0.1) is 0 Å². The molecule has 1 fully saturated rings. The molecule has 1 aliphatic heterocycles. The second-order valence-electron chi connectivity index (χ2n) is 4.91. The minimum Gasteiger partial charge on any atom is -0.496 e. The third-order valence-corrected chi connectivity index (χ3v) is 3.74. The van der Waals surface area contributed by atoms with Gasteiger partial charge in [-0.2, -0.15) is 0 Å². The fourth-order valence-electron chi connectivity index (χ4n) is 2.45. The molecule has 104 valence electrons. The van der Waals surface area contributed by atoms with Gasteiger partial charge >= 0.3 is 5.97 Å². The van der Waals surface area contributed by atoms with Crippen LogP contribution in [-0.4, -0.2) is 33.4 Å². The largest absolute Gasteiger partial charge is 0.496 e. The lowest BCUT2D eigenvalue weighted by molar-refractivity contribution is -0.148. The Hall–Kier alpha value is -1.55. The molecule has 0 radical (unpaired) electrons. The van der Waals surface area contributed by atoms with Crippen molar-refractivity contribution in [3.05, 3.63) is 29.3 Å². The highest BCUT2D eigenvalue weighted by Gasteiger charge is 2.42. The van der Waals surface area contributed by atoms with Gasteiger partial charge in [0.1, 0.15) is 5.75 Å². The van der Waals surface area contributed by atoms with E-state index in [-0.39, 0.29) is 11.4 Å². The highest BCUT2D eigenvalue weighted by atomic mass is 16.5. The number of benzene rings is 1. The molecule has 0 bridgehead atoms. The van der Waals surface area contributed by atoms with Crippen LogP contribution in [0.25, 0.3) is 0 Å². The Morgan fingerprint density at radius 1 is 1.37 bits per heavy atom. The van der Waals surface area contributed by atoms with Crippen molar-refractivity contribution in [2.45, 2.75) is 25.2 Å². The van der Waals surface area contributed by atoms with Crippen LogP contribution in [0.1, 0.15) is 24.5 Å². The summed E-state index contributed by atoms with van der Waals surface area (Å²) < 4.78 is 15.4. The Morgan fingerprint density at radius 3 is 2.58 bits per heavy atom. The van der Waals surface area contributed by atoms with Crippen LogP contribution < -0.4 is 4.74 Å². The molecule has 1 aromatic carbocycles. The van der Waals surface area contributed by atoms with Crippen molar-refractivity contribution in [2.24, 2.45) is 0 Å². The molecule has 2 rings (SSSR count). The standard InChI is InChI=1S/C15H20O4/c1-4-11-7-12(5-6-13(11)17-2)15(9-19-10-15)8-14(16)18-3/h5-7H,4,8-10H2,1-3H3. The number of methoxy groups -OCH3 is 2. The molecule has 0 spiro atoms. The van der Waals surface area contributed by atoms with Crippen molar-refractivity contribution < 1.29 is 19.0 Å². The van der Waals surface area contributed by atoms with Gasteiger partial charge in [-0.05, 0) is 23.6 Å². The first-order valence-corrected chi connectivity index (χ1v) is 6.47. The number of esters is 1. The van der Waals surface area contributed by atoms with Crippen LogP contribution in [0.3, 0.4) is 0 Å². The molecule has 19 heavy (non-hydrogen) atoms. The van der Waals surface area contributed by atoms with Crippen molar-refractivity contribution in [3.8, 4) is 5.75 Å². The van der Waals surface area contributed by atoms with E-state index >= 15 is 0 Å². The maximum absolute atomic E-state index is 11.6. The fourth-order valence-corrected chi connectivity index (χ4v) is 2.45. The lowest BCUT2D eigenvalue weighted by Gasteiger charge is -2.41. The predicted octanol–water partition coefficient (Wildman–Crippen LogP) is 2.09. The summed E-state index contributed by atoms with van der Waals surface area (Å²) >= 11 is 0. The zero-order valence-electron chi connectivity index (χ0n) is 11.7. The number of aryl methyl sites for hydroxylation is 1. The number of carbonyl (C=O) groups is 1. The molecule has 1 heterocycles. The summed E-state index contributed by atoms with van der Waals surface area (Å²) in [6, 6.07) is 6.10. The summed E-state index contributed by atoms with van der Waals surface area (Å²) in [4.78, 5) is 11.6. The average Bonchev–Trinajstić information content (AvgIpc) is 2.41. The normalized spacial score (nSPS) is 16.6. The van der Waals surface area contributed by atoms with Crippen molar-refractivity contribution >= 4 is 5.97 Å². The number of carbonyl (C=O) groups excluding carboxylic acids is 1. The Balaban J connectivity index is 2.30. The molecule has 1 aromatic rings. The molecule has 0 amide bonds. The van der Waals surface area contributed by atoms with Crippen molar-refractivity contribution in [1.29, 1.82) is 0 Å². The highest BCUT2D eigenvalue weighted by molar-refractivity contribution is 5.71. The zero-order chi connectivity index (χ0) is 13.9. The van der Waals surface area contributed by atoms with E-state index in [0.29, 0.717) is 19.6 Å². The fraction of sp³-hybridized carbons (Fsp3) is 0.533. The van der Waals surface area contributed by atoms with Crippen LogP contribution in [0, 0.1) is 0 Å². The lowest BCUT2D eigenvalue weighted by Crippen LogP contribution is -2.48. The first kappa shape index (κ1) is 13.9. The van der Waals surface area contributed by atoms with E-state index in [2.05, 4.69) is 13.0 Å². The molecule has 4 nitrogen and oxygen atoms in total. The molecule has 0 atom stereocenters. The van der Waals surface area contributed by atoms with Gasteiger partial charge in [0.25, 0.3) is 0 Å². The maximum atomic E-state index is 11.6. The average molecular weight is 264 g/mol. The van der Waals surface area contributed by atoms with E-state index in [4.69, 9.17) is 14.2 Å². The van der Waals surface area contributed by atoms with Crippen LogP contribution in [0.2, 0.25) is 0 Å². The van der Waals surface area contributed by atoms with E-state index in [1.807, 2.05) is 12.1 Å². The summed E-state index contributed by atoms with van der Waals surface area (Å²) in [7, 11) is 3.09. The second kappa shape index (κ2) is 5.61. The molecular formula is C15H20O4. The molecule has 0 N–H and O–H groups in total. The van der Waals surface area contributed by atoms with Gasteiger partial charge in [0, 0.05) is 0 Å². The van der Waals surface area contributed by atoms with Crippen LogP contribution in [-0.2, 0) is 26.1 Å². The lowest BCUT2D eigenvalue weighted by atomic mass is 9.75. The summed E-state index contributed by atoms with van der Waals surface area (Å²) in [5.41, 5.74) is 2.04. The van der Waals surface area contributed by atoms with E-state index in [1.165, 1.54) is 7.11 Å². The summed E-state index contributed by atoms with van der Waals surface area (Å²) in [5, 5.41) is 0. The minimum atomic E-state index is -0.233. The topological polar surface area (TPSA) is 44.8 Å². The Labute approximate surface area is 113 Å². The predicted molar refractivity (Wildman–Crippen MR) is 71.5 cm³/mol. The summed E-state index contributed by atoms with van der Waals surface area (Å²) in [6.45, 7) is 3.22. The number of ether oxygens (including phenoxy) is 3. The monoisotopic (exact) mass is 264 g/mol. The third-order valence-electron chi connectivity index (χ3n) is 3.74. The zero-order valence-corrected chi connectivity index (χ0v) is 11.7. The van der Waals surface area contributed by atoms with E-state index in [0.717, 1.165) is 23.3 Å². The molecule has 0 unspecified atom stereocenters. The van der Waals surface area contributed by atoms with Crippen molar-refractivity contribution in [1.82, 2.24) is 0 Å². The van der Waals surface area contributed by atoms with E-state index < -0.39 is 0 Å². The first-order chi connectivity index (χ1) is 9.15. The van der Waals surface area contributed by atoms with Gasteiger partial charge in [0.2, 0.25) is 0 Å². The summed E-state index contributed by atoms with van der Waals surface area (Å²) in [6.07, 6.45) is 1.26. The highest BCUT2D eigenvalue weighted by Crippen LogP contribution is 2.38. The number of rotatable bonds is 5. The van der Waals surface area contributed by atoms with Crippen molar-refractivity contribution in [2.75, 3.05) is 27.4 Å². The van der Waals surface area contributed by atoms with Gasteiger partial charge in [-0.25, -0.2) is 0 Å². The van der Waals surface area contributed by atoms with Crippen molar-refractivity contribution in [3.63, 3.8) is 0 Å². The van der Waals surface area contributed by atoms with Gasteiger partial charge in [-0.1, -0.05) is 19.1 Å². The molecule has 0 aliphatic carbocycles. The van der Waals surface area contributed by atoms with Crippen LogP contribution in [0.5, 0.6) is 5.75 Å². The van der Waals surface area contributed by atoms with Gasteiger partial charge < -0.3 is 14.2 Å². The smallest absolute Gasteiger partial charge is 0.306 e. The number of hydrogen-bond donors (Lipinski definition) is 0. The minimum absolute atomic E-state index is 0.197. The molecule has 1 saturated heterocycles. The van der Waals surface area contributed by atoms with Crippen LogP contribution >= 0.6 is 0 Å². The van der Waals surface area contributed by atoms with Crippen LogP contribution in [0.4, 0.5) is 0 Å².